The zero-order valence-corrected chi connectivity index (χ0v) is 8.20. The third-order valence-corrected chi connectivity index (χ3v) is 2.49. The second-order valence-electron chi connectivity index (χ2n) is 3.39. The second-order valence-corrected chi connectivity index (χ2v) is 3.39. The van der Waals surface area contributed by atoms with Crippen LogP contribution in [-0.2, 0) is 0 Å². The van der Waals surface area contributed by atoms with Crippen LogP contribution < -0.4 is 11.5 Å². The molecule has 3 heteroatoms. The van der Waals surface area contributed by atoms with Gasteiger partial charge in [-0.3, -0.25) is 0 Å². The van der Waals surface area contributed by atoms with Crippen molar-refractivity contribution in [1.29, 1.82) is 0 Å². The molecule has 0 aromatic carbocycles. The van der Waals surface area contributed by atoms with Crippen LogP contribution in [0, 0.1) is 5.92 Å². The van der Waals surface area contributed by atoms with E-state index in [9.17, 15) is 0 Å². The van der Waals surface area contributed by atoms with Gasteiger partial charge >= 0.3 is 0 Å². The Balaban J connectivity index is 2.88. The monoisotopic (exact) mass is 179 g/mol. The number of rotatable bonds is 3. The molecule has 1 aromatic rings. The SMILES string of the molecule is CCC(C)[C@@H](N)c1cccnc1N. The lowest BCUT2D eigenvalue weighted by atomic mass is 9.94. The number of nitrogens with zero attached hydrogens (tertiary/aromatic N) is 1. The van der Waals surface area contributed by atoms with Gasteiger partial charge < -0.3 is 11.5 Å². The lowest BCUT2D eigenvalue weighted by molar-refractivity contribution is 0.457. The van der Waals surface area contributed by atoms with E-state index in [0.717, 1.165) is 12.0 Å². The van der Waals surface area contributed by atoms with Gasteiger partial charge in [-0.25, -0.2) is 4.98 Å². The smallest absolute Gasteiger partial charge is 0.128 e. The maximum atomic E-state index is 6.03. The molecule has 1 aromatic heterocycles. The Morgan fingerprint density at radius 1 is 1.54 bits per heavy atom. The summed E-state index contributed by atoms with van der Waals surface area (Å²) < 4.78 is 0. The van der Waals surface area contributed by atoms with E-state index in [2.05, 4.69) is 18.8 Å². The van der Waals surface area contributed by atoms with Crippen molar-refractivity contribution in [3.8, 4) is 0 Å². The first-order valence-corrected chi connectivity index (χ1v) is 4.62. The van der Waals surface area contributed by atoms with Crippen molar-refractivity contribution in [2.75, 3.05) is 5.73 Å². The van der Waals surface area contributed by atoms with Gasteiger partial charge in [0.1, 0.15) is 5.82 Å². The van der Waals surface area contributed by atoms with Gasteiger partial charge in [0.2, 0.25) is 0 Å². The van der Waals surface area contributed by atoms with Crippen LogP contribution in [0.15, 0.2) is 18.3 Å². The molecule has 0 radical (unpaired) electrons. The first-order valence-electron chi connectivity index (χ1n) is 4.62. The van der Waals surface area contributed by atoms with E-state index >= 15 is 0 Å². The average molecular weight is 179 g/mol. The number of pyridine rings is 1. The fourth-order valence-corrected chi connectivity index (χ4v) is 1.27. The van der Waals surface area contributed by atoms with E-state index in [0.29, 0.717) is 11.7 Å². The highest BCUT2D eigenvalue weighted by Crippen LogP contribution is 2.24. The fraction of sp³-hybridized carbons (Fsp3) is 0.500. The summed E-state index contributed by atoms with van der Waals surface area (Å²) in [5, 5.41) is 0. The second kappa shape index (κ2) is 4.23. The largest absolute Gasteiger partial charge is 0.383 e. The molecule has 0 fully saturated rings. The molecule has 72 valence electrons. The minimum atomic E-state index is -0.00120. The third-order valence-electron chi connectivity index (χ3n) is 2.49. The van der Waals surface area contributed by atoms with Gasteiger partial charge in [0.05, 0.1) is 0 Å². The Morgan fingerprint density at radius 2 is 2.23 bits per heavy atom. The lowest BCUT2D eigenvalue weighted by Gasteiger charge is -2.19. The Kier molecular flexibility index (Phi) is 3.25. The molecule has 0 bridgehead atoms. The van der Waals surface area contributed by atoms with Crippen LogP contribution in [0.1, 0.15) is 31.9 Å². The van der Waals surface area contributed by atoms with Crippen molar-refractivity contribution in [1.82, 2.24) is 4.98 Å². The summed E-state index contributed by atoms with van der Waals surface area (Å²) in [4.78, 5) is 4.01. The highest BCUT2D eigenvalue weighted by molar-refractivity contribution is 5.40. The zero-order valence-electron chi connectivity index (χ0n) is 8.20. The molecule has 1 rings (SSSR count). The first kappa shape index (κ1) is 9.99. The third kappa shape index (κ3) is 2.18. The molecule has 3 nitrogen and oxygen atoms in total. The van der Waals surface area contributed by atoms with Crippen molar-refractivity contribution in [2.45, 2.75) is 26.3 Å². The molecule has 2 atom stereocenters. The molecule has 13 heavy (non-hydrogen) atoms. The van der Waals surface area contributed by atoms with Crippen molar-refractivity contribution < 1.29 is 0 Å². The highest BCUT2D eigenvalue weighted by Gasteiger charge is 2.15. The van der Waals surface area contributed by atoms with Gasteiger partial charge in [0, 0.05) is 17.8 Å². The number of anilines is 1. The maximum absolute atomic E-state index is 6.03. The van der Waals surface area contributed by atoms with Gasteiger partial charge in [-0.05, 0) is 12.0 Å². The molecule has 0 saturated carbocycles. The van der Waals surface area contributed by atoms with E-state index in [1.807, 2.05) is 12.1 Å². The summed E-state index contributed by atoms with van der Waals surface area (Å²) in [6, 6.07) is 3.81. The molecule has 0 aliphatic carbocycles. The predicted molar refractivity (Wildman–Crippen MR) is 55.0 cm³/mol. The molecule has 1 heterocycles. The highest BCUT2D eigenvalue weighted by atomic mass is 14.8. The summed E-state index contributed by atoms with van der Waals surface area (Å²) in [5.41, 5.74) is 12.7. The van der Waals surface area contributed by atoms with Gasteiger partial charge in [-0.15, -0.1) is 0 Å². The molecule has 0 spiro atoms. The molecule has 0 aliphatic heterocycles. The fourth-order valence-electron chi connectivity index (χ4n) is 1.27. The summed E-state index contributed by atoms with van der Waals surface area (Å²) >= 11 is 0. The predicted octanol–water partition coefficient (Wildman–Crippen LogP) is 1.71. The van der Waals surface area contributed by atoms with E-state index < -0.39 is 0 Å². The molecular formula is C10H17N3. The number of aromatic nitrogens is 1. The van der Waals surface area contributed by atoms with Gasteiger partial charge in [-0.1, -0.05) is 26.3 Å². The Labute approximate surface area is 79.2 Å². The molecule has 4 N–H and O–H groups in total. The van der Waals surface area contributed by atoms with Crippen LogP contribution in [0.5, 0.6) is 0 Å². The number of hydrogen-bond acceptors (Lipinski definition) is 3. The summed E-state index contributed by atoms with van der Waals surface area (Å²) in [5.74, 6) is 0.988. The van der Waals surface area contributed by atoms with Gasteiger partial charge in [0.25, 0.3) is 0 Å². The van der Waals surface area contributed by atoms with E-state index in [1.165, 1.54) is 0 Å². The van der Waals surface area contributed by atoms with Crippen LogP contribution in [0.2, 0.25) is 0 Å². The Bertz CT molecular complexity index is 273. The van der Waals surface area contributed by atoms with Crippen molar-refractivity contribution >= 4 is 5.82 Å². The van der Waals surface area contributed by atoms with E-state index in [1.54, 1.807) is 6.20 Å². The van der Waals surface area contributed by atoms with Crippen LogP contribution in [0.3, 0.4) is 0 Å². The first-order chi connectivity index (χ1) is 6.16. The normalized spacial score (nSPS) is 15.3. The minimum absolute atomic E-state index is 0.00120. The topological polar surface area (TPSA) is 64.9 Å². The molecule has 0 saturated heterocycles. The van der Waals surface area contributed by atoms with Crippen molar-refractivity contribution in [3.63, 3.8) is 0 Å². The number of nitrogens with two attached hydrogens (primary N) is 2. The Hall–Kier alpha value is -1.09. The lowest BCUT2D eigenvalue weighted by Crippen LogP contribution is -2.20. The minimum Gasteiger partial charge on any atom is -0.383 e. The van der Waals surface area contributed by atoms with Gasteiger partial charge in [0.15, 0.2) is 0 Å². The van der Waals surface area contributed by atoms with Crippen LogP contribution >= 0.6 is 0 Å². The number of nitrogen functional groups attached to an aromatic ring is 1. The van der Waals surface area contributed by atoms with Crippen molar-refractivity contribution in [3.05, 3.63) is 23.9 Å². The summed E-state index contributed by atoms with van der Waals surface area (Å²) in [6.07, 6.45) is 2.73. The summed E-state index contributed by atoms with van der Waals surface area (Å²) in [6.45, 7) is 4.24. The maximum Gasteiger partial charge on any atom is 0.128 e. The molecular weight excluding hydrogens is 162 g/mol. The number of hydrogen-bond donors (Lipinski definition) is 2. The molecule has 1 unspecified atom stereocenters. The van der Waals surface area contributed by atoms with E-state index in [-0.39, 0.29) is 6.04 Å². The standard InChI is InChI=1S/C10H17N3/c1-3-7(2)9(11)8-5-4-6-13-10(8)12/h4-7,9H,3,11H2,1-2H3,(H2,12,13)/t7?,9-/m1/s1. The summed E-state index contributed by atoms with van der Waals surface area (Å²) in [7, 11) is 0. The quantitative estimate of drug-likeness (QED) is 0.742. The van der Waals surface area contributed by atoms with Gasteiger partial charge in [-0.2, -0.15) is 0 Å². The Morgan fingerprint density at radius 3 is 2.77 bits per heavy atom. The van der Waals surface area contributed by atoms with Crippen LogP contribution in [0.4, 0.5) is 5.82 Å². The van der Waals surface area contributed by atoms with Crippen LogP contribution in [0.25, 0.3) is 0 Å². The van der Waals surface area contributed by atoms with Crippen LogP contribution in [-0.4, -0.2) is 4.98 Å². The van der Waals surface area contributed by atoms with Crippen molar-refractivity contribution in [2.24, 2.45) is 11.7 Å². The average Bonchev–Trinajstić information content (AvgIpc) is 2.16. The molecule has 0 amide bonds. The molecule has 0 aliphatic rings. The van der Waals surface area contributed by atoms with E-state index in [4.69, 9.17) is 11.5 Å². The zero-order chi connectivity index (χ0) is 9.84.